The predicted octanol–water partition coefficient (Wildman–Crippen LogP) is 4.18. The van der Waals surface area contributed by atoms with Gasteiger partial charge in [-0.15, -0.1) is 0 Å². The molecule has 7 heteroatoms. The van der Waals surface area contributed by atoms with Crippen LogP contribution >= 0.6 is 35.0 Å². The molecule has 0 fully saturated rings. The van der Waals surface area contributed by atoms with Crippen LogP contribution in [0, 0.1) is 0 Å². The highest BCUT2D eigenvalue weighted by Crippen LogP contribution is 2.31. The van der Waals surface area contributed by atoms with E-state index in [-0.39, 0.29) is 12.5 Å². The molecule has 1 amide bonds. The molecule has 0 saturated carbocycles. The molecule has 1 atom stereocenters. The summed E-state index contributed by atoms with van der Waals surface area (Å²) in [5.41, 5.74) is 0.919. The molecule has 2 aromatic rings. The minimum Gasteiger partial charge on any atom is -0.485 e. The van der Waals surface area contributed by atoms with Crippen molar-refractivity contribution in [3.63, 3.8) is 0 Å². The van der Waals surface area contributed by atoms with E-state index in [0.29, 0.717) is 33.8 Å². The Labute approximate surface area is 160 Å². The molecule has 0 saturated heterocycles. The van der Waals surface area contributed by atoms with E-state index in [0.717, 1.165) is 11.3 Å². The summed E-state index contributed by atoms with van der Waals surface area (Å²) in [7, 11) is 0. The molecule has 1 heterocycles. The minimum atomic E-state index is -0.627. The molecule has 3 rings (SSSR count). The lowest BCUT2D eigenvalue weighted by Gasteiger charge is -2.25. The van der Waals surface area contributed by atoms with Crippen molar-refractivity contribution in [3.8, 4) is 11.5 Å². The van der Waals surface area contributed by atoms with Gasteiger partial charge in [-0.25, -0.2) is 0 Å². The quantitative estimate of drug-likeness (QED) is 0.742. The summed E-state index contributed by atoms with van der Waals surface area (Å²) in [6.07, 6.45) is -0.627. The third-order valence-electron chi connectivity index (χ3n) is 3.65. The van der Waals surface area contributed by atoms with E-state index in [9.17, 15) is 4.79 Å². The highest BCUT2D eigenvalue weighted by molar-refractivity contribution is 7.98. The molecule has 1 N–H and O–H groups in total. The number of nitrogens with one attached hydrogen (secondary N) is 1. The van der Waals surface area contributed by atoms with Crippen molar-refractivity contribution in [3.05, 3.63) is 58.1 Å². The fourth-order valence-electron chi connectivity index (χ4n) is 2.35. The van der Waals surface area contributed by atoms with Gasteiger partial charge in [-0.3, -0.25) is 4.79 Å². The number of thioether (sulfide) groups is 1. The van der Waals surface area contributed by atoms with Gasteiger partial charge in [-0.2, -0.15) is 11.8 Å². The van der Waals surface area contributed by atoms with Gasteiger partial charge in [0.25, 0.3) is 5.91 Å². The molecule has 1 aliphatic rings. The van der Waals surface area contributed by atoms with Crippen LogP contribution in [0.1, 0.15) is 5.56 Å². The van der Waals surface area contributed by atoms with Crippen molar-refractivity contribution in [2.24, 2.45) is 0 Å². The fraction of sp³-hybridized carbons (Fsp3) is 0.278. The van der Waals surface area contributed by atoms with E-state index in [1.165, 1.54) is 0 Å². The zero-order valence-corrected chi connectivity index (χ0v) is 15.7. The van der Waals surface area contributed by atoms with Gasteiger partial charge in [-0.05, 0) is 29.8 Å². The van der Waals surface area contributed by atoms with E-state index < -0.39 is 6.10 Å². The molecule has 1 aliphatic heterocycles. The fourth-order valence-corrected chi connectivity index (χ4v) is 3.95. The molecular formula is C18H17Cl2NO3S. The molecule has 132 valence electrons. The van der Waals surface area contributed by atoms with Crippen molar-refractivity contribution < 1.29 is 14.3 Å². The maximum atomic E-state index is 12.2. The number of carbonyl (C=O) groups excluding carboxylic acids is 1. The van der Waals surface area contributed by atoms with E-state index in [2.05, 4.69) is 5.32 Å². The Morgan fingerprint density at radius 1 is 1.12 bits per heavy atom. The summed E-state index contributed by atoms with van der Waals surface area (Å²) in [6, 6.07) is 12.8. The first kappa shape index (κ1) is 18.2. The van der Waals surface area contributed by atoms with Crippen LogP contribution in [-0.4, -0.2) is 30.9 Å². The van der Waals surface area contributed by atoms with Crippen LogP contribution in [0.2, 0.25) is 10.0 Å². The summed E-state index contributed by atoms with van der Waals surface area (Å²) in [6.45, 7) is 0.748. The number of fused-ring (bicyclic) bond motifs is 1. The molecule has 0 radical (unpaired) electrons. The number of benzene rings is 2. The average molecular weight is 398 g/mol. The van der Waals surface area contributed by atoms with Crippen molar-refractivity contribution in [2.75, 3.05) is 18.9 Å². The SMILES string of the molecule is O=C(NCCSCc1c(Cl)cccc1Cl)C1COc2ccccc2O1. The number of hydrogen-bond acceptors (Lipinski definition) is 4. The van der Waals surface area contributed by atoms with E-state index in [1.54, 1.807) is 17.8 Å². The van der Waals surface area contributed by atoms with Gasteiger partial charge >= 0.3 is 0 Å². The number of amides is 1. The molecular weight excluding hydrogens is 381 g/mol. The zero-order valence-electron chi connectivity index (χ0n) is 13.3. The zero-order chi connectivity index (χ0) is 17.6. The third-order valence-corrected chi connectivity index (χ3v) is 5.35. The highest BCUT2D eigenvalue weighted by atomic mass is 35.5. The van der Waals surface area contributed by atoms with Crippen LogP contribution in [-0.2, 0) is 10.5 Å². The van der Waals surface area contributed by atoms with Gasteiger partial charge in [0.05, 0.1) is 0 Å². The number of rotatable bonds is 6. The van der Waals surface area contributed by atoms with Gasteiger partial charge < -0.3 is 14.8 Å². The van der Waals surface area contributed by atoms with Crippen molar-refractivity contribution in [1.29, 1.82) is 0 Å². The number of carbonyl (C=O) groups is 1. The second-order valence-corrected chi connectivity index (χ2v) is 7.33. The number of ether oxygens (including phenoxy) is 2. The first-order valence-corrected chi connectivity index (χ1v) is 9.73. The van der Waals surface area contributed by atoms with E-state index in [1.807, 2.05) is 36.4 Å². The van der Waals surface area contributed by atoms with Crippen LogP contribution in [0.15, 0.2) is 42.5 Å². The number of para-hydroxylation sites is 2. The smallest absolute Gasteiger partial charge is 0.264 e. The summed E-state index contributed by atoms with van der Waals surface area (Å²) >= 11 is 13.9. The predicted molar refractivity (Wildman–Crippen MR) is 102 cm³/mol. The maximum absolute atomic E-state index is 12.2. The summed E-state index contributed by atoms with van der Waals surface area (Å²) in [4.78, 5) is 12.2. The second-order valence-electron chi connectivity index (χ2n) is 5.41. The normalized spacial score (nSPS) is 15.7. The summed E-state index contributed by atoms with van der Waals surface area (Å²) in [5.74, 6) is 2.53. The standard InChI is InChI=1S/C18H17Cl2NO3S/c19-13-4-3-5-14(20)12(13)11-25-9-8-21-18(22)17-10-23-15-6-1-2-7-16(15)24-17/h1-7,17H,8-11H2,(H,21,22). The van der Waals surface area contributed by atoms with Gasteiger partial charge in [0.2, 0.25) is 6.10 Å². The van der Waals surface area contributed by atoms with Crippen molar-refractivity contribution in [1.82, 2.24) is 5.32 Å². The Morgan fingerprint density at radius 3 is 2.60 bits per heavy atom. The summed E-state index contributed by atoms with van der Waals surface area (Å²) < 4.78 is 11.2. The lowest BCUT2D eigenvalue weighted by Crippen LogP contribution is -2.44. The van der Waals surface area contributed by atoms with Crippen LogP contribution in [0.4, 0.5) is 0 Å². The Kier molecular flexibility index (Phi) is 6.34. The van der Waals surface area contributed by atoms with Gasteiger partial charge in [0, 0.05) is 28.1 Å². The molecule has 4 nitrogen and oxygen atoms in total. The summed E-state index contributed by atoms with van der Waals surface area (Å²) in [5, 5.41) is 4.19. The number of halogens is 2. The van der Waals surface area contributed by atoms with Crippen molar-refractivity contribution >= 4 is 40.9 Å². The molecule has 2 aromatic carbocycles. The van der Waals surface area contributed by atoms with Crippen molar-refractivity contribution in [2.45, 2.75) is 11.9 Å². The molecule has 25 heavy (non-hydrogen) atoms. The van der Waals surface area contributed by atoms with Crippen LogP contribution < -0.4 is 14.8 Å². The Bertz CT molecular complexity index is 737. The maximum Gasteiger partial charge on any atom is 0.264 e. The lowest BCUT2D eigenvalue weighted by atomic mass is 10.2. The van der Waals surface area contributed by atoms with Crippen LogP contribution in [0.25, 0.3) is 0 Å². The lowest BCUT2D eigenvalue weighted by molar-refractivity contribution is -0.130. The Hall–Kier alpha value is -1.56. The largest absolute Gasteiger partial charge is 0.485 e. The molecule has 1 unspecified atom stereocenters. The monoisotopic (exact) mass is 397 g/mol. The topological polar surface area (TPSA) is 47.6 Å². The first-order chi connectivity index (χ1) is 12.1. The van der Waals surface area contributed by atoms with Crippen LogP contribution in [0.5, 0.6) is 11.5 Å². The Balaban J connectivity index is 1.40. The number of hydrogen-bond donors (Lipinski definition) is 1. The van der Waals surface area contributed by atoms with Gasteiger partial charge in [0.1, 0.15) is 6.61 Å². The van der Waals surface area contributed by atoms with Gasteiger partial charge in [-0.1, -0.05) is 41.4 Å². The Morgan fingerprint density at radius 2 is 1.84 bits per heavy atom. The molecule has 0 aliphatic carbocycles. The molecule has 0 bridgehead atoms. The van der Waals surface area contributed by atoms with Gasteiger partial charge in [0.15, 0.2) is 11.5 Å². The van der Waals surface area contributed by atoms with E-state index >= 15 is 0 Å². The average Bonchev–Trinajstić information content (AvgIpc) is 2.63. The highest BCUT2D eigenvalue weighted by Gasteiger charge is 2.26. The molecule has 0 spiro atoms. The molecule has 0 aromatic heterocycles. The minimum absolute atomic E-state index is 0.175. The second kappa shape index (κ2) is 8.70. The van der Waals surface area contributed by atoms with E-state index in [4.69, 9.17) is 32.7 Å². The first-order valence-electron chi connectivity index (χ1n) is 7.82. The third kappa shape index (κ3) is 4.75. The van der Waals surface area contributed by atoms with Crippen LogP contribution in [0.3, 0.4) is 0 Å².